The molecule has 0 atom stereocenters. The van der Waals surface area contributed by atoms with Crippen molar-refractivity contribution in [3.8, 4) is 17.6 Å². The van der Waals surface area contributed by atoms with Gasteiger partial charge in [-0.3, -0.25) is 9.97 Å². The third-order valence-corrected chi connectivity index (χ3v) is 6.08. The van der Waals surface area contributed by atoms with Gasteiger partial charge >= 0.3 is 0 Å². The van der Waals surface area contributed by atoms with Crippen molar-refractivity contribution < 1.29 is 14.2 Å². The number of nitrogens with zero attached hydrogens (tertiary/aromatic N) is 5. The van der Waals surface area contributed by atoms with Crippen LogP contribution in [0.1, 0.15) is 29.2 Å². The molecule has 1 aliphatic rings. The molecule has 0 spiro atoms. The lowest BCUT2D eigenvalue weighted by molar-refractivity contribution is 0.122. The molecular weight excluding hydrogens is 454 g/mol. The van der Waals surface area contributed by atoms with Gasteiger partial charge in [-0.25, -0.2) is 4.98 Å². The molecule has 4 aromatic rings. The number of morpholine rings is 1. The van der Waals surface area contributed by atoms with Crippen molar-refractivity contribution in [2.45, 2.75) is 20.0 Å². The number of hydrogen-bond donors (Lipinski definition) is 0. The van der Waals surface area contributed by atoms with E-state index in [9.17, 15) is 5.26 Å². The van der Waals surface area contributed by atoms with E-state index < -0.39 is 0 Å². The second kappa shape index (κ2) is 11.0. The maximum absolute atomic E-state index is 10.1. The summed E-state index contributed by atoms with van der Waals surface area (Å²) in [4.78, 5) is 15.6. The zero-order valence-electron chi connectivity index (χ0n) is 20.2. The number of anilines is 1. The minimum Gasteiger partial charge on any atom is -0.490 e. The number of nitriles is 1. The van der Waals surface area contributed by atoms with Crippen LogP contribution in [0.3, 0.4) is 0 Å². The normalized spacial score (nSPS) is 13.4. The van der Waals surface area contributed by atoms with Crippen molar-refractivity contribution >= 4 is 16.9 Å². The van der Waals surface area contributed by atoms with Crippen molar-refractivity contribution in [2.24, 2.45) is 0 Å². The number of pyridine rings is 1. The van der Waals surface area contributed by atoms with E-state index in [1.807, 2.05) is 49.4 Å². The molecule has 0 N–H and O–H groups in total. The Morgan fingerprint density at radius 1 is 1.00 bits per heavy atom. The summed E-state index contributed by atoms with van der Waals surface area (Å²) in [5.74, 6) is 2.13. The Labute approximate surface area is 210 Å². The first-order valence-corrected chi connectivity index (χ1v) is 12.0. The fourth-order valence-corrected chi connectivity index (χ4v) is 4.24. The number of ether oxygens (including phenoxy) is 3. The Balaban J connectivity index is 1.41. The molecule has 2 aromatic carbocycles. The minimum absolute atomic E-state index is 0.426. The van der Waals surface area contributed by atoms with Crippen LogP contribution in [0.4, 0.5) is 5.82 Å². The number of benzene rings is 2. The van der Waals surface area contributed by atoms with Gasteiger partial charge in [-0.15, -0.1) is 0 Å². The molecule has 3 heterocycles. The first kappa shape index (κ1) is 23.5. The minimum atomic E-state index is 0.426. The molecule has 2 aromatic heterocycles. The molecule has 5 rings (SSSR count). The molecule has 0 bridgehead atoms. The number of hydrogen-bond acceptors (Lipinski definition) is 8. The van der Waals surface area contributed by atoms with Crippen LogP contribution in [0.15, 0.2) is 61.1 Å². The topological polar surface area (TPSA) is 93.4 Å². The summed E-state index contributed by atoms with van der Waals surface area (Å²) in [6.07, 6.45) is 5.83. The molecule has 0 amide bonds. The Kier molecular flexibility index (Phi) is 7.20. The van der Waals surface area contributed by atoms with Crippen LogP contribution in [0.5, 0.6) is 11.5 Å². The maximum Gasteiger partial charge on any atom is 0.161 e. The molecule has 0 saturated carbocycles. The Hall–Kier alpha value is -4.22. The van der Waals surface area contributed by atoms with E-state index in [4.69, 9.17) is 19.2 Å². The second-order valence-corrected chi connectivity index (χ2v) is 8.44. The summed E-state index contributed by atoms with van der Waals surface area (Å²) < 4.78 is 17.3. The predicted octanol–water partition coefficient (Wildman–Crippen LogP) is 4.30. The van der Waals surface area contributed by atoms with Crippen LogP contribution in [0, 0.1) is 11.3 Å². The van der Waals surface area contributed by atoms with Gasteiger partial charge in [-0.05, 0) is 60.4 Å². The number of fused-ring (bicyclic) bond motifs is 1. The third kappa shape index (κ3) is 5.21. The summed E-state index contributed by atoms with van der Waals surface area (Å²) in [5.41, 5.74) is 4.83. The average molecular weight is 482 g/mol. The van der Waals surface area contributed by atoms with Crippen molar-refractivity contribution in [3.63, 3.8) is 0 Å². The standard InChI is InChI=1S/C28H27N5O3/c1-2-35-26-16-21(3-6-25(26)36-19-20-7-9-30-10-8-20)15-22-4-5-24-28(23(22)17-29)32-27(18-31-24)33-11-13-34-14-12-33/h3-10,16,18H,2,11-15,19H2,1H3. The average Bonchev–Trinajstić information content (AvgIpc) is 2.93. The van der Waals surface area contributed by atoms with Gasteiger partial charge in [0, 0.05) is 25.5 Å². The molecule has 0 radical (unpaired) electrons. The van der Waals surface area contributed by atoms with E-state index in [0.29, 0.717) is 60.9 Å². The van der Waals surface area contributed by atoms with E-state index in [1.54, 1.807) is 18.6 Å². The Morgan fingerprint density at radius 2 is 1.83 bits per heavy atom. The molecule has 8 heteroatoms. The molecule has 1 saturated heterocycles. The van der Waals surface area contributed by atoms with E-state index >= 15 is 0 Å². The molecule has 8 nitrogen and oxygen atoms in total. The van der Waals surface area contributed by atoms with Crippen LogP contribution in [0.2, 0.25) is 0 Å². The summed E-state index contributed by atoms with van der Waals surface area (Å²) in [5, 5.41) is 10.1. The van der Waals surface area contributed by atoms with E-state index in [0.717, 1.165) is 35.6 Å². The van der Waals surface area contributed by atoms with Gasteiger partial charge in [0.2, 0.25) is 0 Å². The van der Waals surface area contributed by atoms with Crippen LogP contribution in [-0.2, 0) is 17.8 Å². The third-order valence-electron chi connectivity index (χ3n) is 6.08. The van der Waals surface area contributed by atoms with Gasteiger partial charge in [0.1, 0.15) is 24.0 Å². The highest BCUT2D eigenvalue weighted by Gasteiger charge is 2.17. The van der Waals surface area contributed by atoms with Gasteiger partial charge in [0.05, 0.1) is 37.1 Å². The quantitative estimate of drug-likeness (QED) is 0.368. The monoisotopic (exact) mass is 481 g/mol. The van der Waals surface area contributed by atoms with Crippen LogP contribution >= 0.6 is 0 Å². The highest BCUT2D eigenvalue weighted by Crippen LogP contribution is 2.31. The van der Waals surface area contributed by atoms with Crippen molar-refractivity contribution in [2.75, 3.05) is 37.8 Å². The van der Waals surface area contributed by atoms with E-state index in [1.165, 1.54) is 0 Å². The largest absolute Gasteiger partial charge is 0.490 e. The van der Waals surface area contributed by atoms with E-state index in [2.05, 4.69) is 20.9 Å². The van der Waals surface area contributed by atoms with Gasteiger partial charge in [-0.1, -0.05) is 12.1 Å². The van der Waals surface area contributed by atoms with E-state index in [-0.39, 0.29) is 0 Å². The van der Waals surface area contributed by atoms with Crippen LogP contribution in [-0.4, -0.2) is 47.9 Å². The Morgan fingerprint density at radius 3 is 2.61 bits per heavy atom. The van der Waals surface area contributed by atoms with Gasteiger partial charge in [0.25, 0.3) is 0 Å². The molecule has 1 aliphatic heterocycles. The summed E-state index contributed by atoms with van der Waals surface area (Å²) in [6.45, 7) is 5.74. The zero-order chi connectivity index (χ0) is 24.7. The van der Waals surface area contributed by atoms with Crippen LogP contribution in [0.25, 0.3) is 11.0 Å². The van der Waals surface area contributed by atoms with Crippen molar-refractivity contribution in [1.82, 2.24) is 15.0 Å². The highest BCUT2D eigenvalue weighted by atomic mass is 16.5. The molecular formula is C28H27N5O3. The summed E-state index contributed by atoms with van der Waals surface area (Å²) in [6, 6.07) is 16.0. The molecule has 182 valence electrons. The SMILES string of the molecule is CCOc1cc(Cc2ccc3ncc(N4CCOCC4)nc3c2C#N)ccc1OCc1ccncc1. The molecule has 0 aliphatic carbocycles. The van der Waals surface area contributed by atoms with Crippen LogP contribution < -0.4 is 14.4 Å². The van der Waals surface area contributed by atoms with Gasteiger partial charge in [0.15, 0.2) is 11.5 Å². The summed E-state index contributed by atoms with van der Waals surface area (Å²) >= 11 is 0. The molecule has 0 unspecified atom stereocenters. The van der Waals surface area contributed by atoms with Crippen molar-refractivity contribution in [3.05, 3.63) is 83.3 Å². The highest BCUT2D eigenvalue weighted by molar-refractivity contribution is 5.83. The molecule has 1 fully saturated rings. The lowest BCUT2D eigenvalue weighted by Crippen LogP contribution is -2.36. The fraction of sp³-hybridized carbons (Fsp3) is 0.286. The lowest BCUT2D eigenvalue weighted by Gasteiger charge is -2.27. The smallest absolute Gasteiger partial charge is 0.161 e. The van der Waals surface area contributed by atoms with Gasteiger partial charge < -0.3 is 19.1 Å². The van der Waals surface area contributed by atoms with Crippen molar-refractivity contribution in [1.29, 1.82) is 5.26 Å². The zero-order valence-corrected chi connectivity index (χ0v) is 20.2. The first-order chi connectivity index (χ1) is 17.7. The molecule has 36 heavy (non-hydrogen) atoms. The second-order valence-electron chi connectivity index (χ2n) is 8.44. The first-order valence-electron chi connectivity index (χ1n) is 12.0. The fourth-order valence-electron chi connectivity index (χ4n) is 4.24. The lowest BCUT2D eigenvalue weighted by atomic mass is 9.98. The van der Waals surface area contributed by atoms with Gasteiger partial charge in [-0.2, -0.15) is 5.26 Å². The number of aromatic nitrogens is 3. The summed E-state index contributed by atoms with van der Waals surface area (Å²) in [7, 11) is 0. The Bertz CT molecular complexity index is 1380. The predicted molar refractivity (Wildman–Crippen MR) is 136 cm³/mol. The maximum atomic E-state index is 10.1. The number of rotatable bonds is 8.